The molecular formula is C17H15Cl2N3S. The molecular weight excluding hydrogens is 349 g/mol. The Bertz CT molecular complexity index is 846. The maximum absolute atomic E-state index is 6.09. The van der Waals surface area contributed by atoms with Crippen molar-refractivity contribution in [2.45, 2.75) is 17.8 Å². The summed E-state index contributed by atoms with van der Waals surface area (Å²) in [5.74, 6) is 1.64. The highest BCUT2D eigenvalue weighted by molar-refractivity contribution is 7.98. The molecule has 0 fully saturated rings. The van der Waals surface area contributed by atoms with Gasteiger partial charge in [-0.3, -0.25) is 0 Å². The molecule has 0 atom stereocenters. The van der Waals surface area contributed by atoms with Crippen molar-refractivity contribution in [2.75, 3.05) is 0 Å². The first-order valence-corrected chi connectivity index (χ1v) is 8.82. The van der Waals surface area contributed by atoms with Crippen LogP contribution in [0.2, 0.25) is 10.0 Å². The summed E-state index contributed by atoms with van der Waals surface area (Å²) >= 11 is 13.7. The van der Waals surface area contributed by atoms with Crippen LogP contribution in [-0.2, 0) is 12.8 Å². The largest absolute Gasteiger partial charge is 0.305 e. The van der Waals surface area contributed by atoms with Gasteiger partial charge in [-0.2, -0.15) is 0 Å². The fourth-order valence-corrected chi connectivity index (χ4v) is 3.53. The molecule has 0 saturated heterocycles. The third kappa shape index (κ3) is 3.55. The Labute approximate surface area is 149 Å². The lowest BCUT2D eigenvalue weighted by molar-refractivity contribution is 0.793. The second-order valence-corrected chi connectivity index (χ2v) is 6.97. The van der Waals surface area contributed by atoms with Crippen LogP contribution >= 0.6 is 35.0 Å². The molecule has 1 aromatic heterocycles. The van der Waals surface area contributed by atoms with E-state index in [1.807, 2.05) is 29.8 Å². The summed E-state index contributed by atoms with van der Waals surface area (Å²) in [5.41, 5.74) is 3.49. The smallest absolute Gasteiger partial charge is 0.191 e. The number of benzene rings is 2. The van der Waals surface area contributed by atoms with Gasteiger partial charge in [0.1, 0.15) is 0 Å². The number of thioether (sulfide) groups is 1. The van der Waals surface area contributed by atoms with Crippen LogP contribution in [0.5, 0.6) is 0 Å². The quantitative estimate of drug-likeness (QED) is 0.582. The highest BCUT2D eigenvalue weighted by atomic mass is 35.5. The molecule has 0 spiro atoms. The zero-order chi connectivity index (χ0) is 16.4. The summed E-state index contributed by atoms with van der Waals surface area (Å²) in [4.78, 5) is 0. The van der Waals surface area contributed by atoms with Crippen molar-refractivity contribution in [2.24, 2.45) is 7.05 Å². The van der Waals surface area contributed by atoms with E-state index in [1.54, 1.807) is 17.8 Å². The van der Waals surface area contributed by atoms with E-state index in [4.69, 9.17) is 23.2 Å². The van der Waals surface area contributed by atoms with Gasteiger partial charge in [-0.15, -0.1) is 10.2 Å². The summed E-state index contributed by atoms with van der Waals surface area (Å²) in [5, 5.41) is 10.5. The second-order valence-electron chi connectivity index (χ2n) is 5.21. The van der Waals surface area contributed by atoms with Gasteiger partial charge >= 0.3 is 0 Å². The van der Waals surface area contributed by atoms with Gasteiger partial charge in [0.05, 0.1) is 10.0 Å². The Morgan fingerprint density at radius 2 is 1.83 bits per heavy atom. The first kappa shape index (κ1) is 16.4. The highest BCUT2D eigenvalue weighted by Gasteiger charge is 2.13. The van der Waals surface area contributed by atoms with E-state index in [-0.39, 0.29) is 0 Å². The summed E-state index contributed by atoms with van der Waals surface area (Å²) < 4.78 is 1.97. The first-order valence-electron chi connectivity index (χ1n) is 7.08. The van der Waals surface area contributed by atoms with E-state index in [0.29, 0.717) is 10.0 Å². The average molecular weight is 364 g/mol. The SMILES string of the molecule is Cc1ccccc1CSc1nnc(-c2ccc(Cl)c(Cl)c2)n1C. The van der Waals surface area contributed by atoms with Crippen LogP contribution in [0.15, 0.2) is 47.6 Å². The molecule has 3 rings (SSSR count). The molecule has 0 aliphatic rings. The van der Waals surface area contributed by atoms with Crippen LogP contribution in [-0.4, -0.2) is 14.8 Å². The fourth-order valence-electron chi connectivity index (χ4n) is 2.24. The molecule has 0 saturated carbocycles. The third-order valence-electron chi connectivity index (χ3n) is 3.63. The first-order chi connectivity index (χ1) is 11.1. The standard InChI is InChI=1S/C17H15Cl2N3S/c1-11-5-3-4-6-13(11)10-23-17-21-20-16(22(17)2)12-7-8-14(18)15(19)9-12/h3-9H,10H2,1-2H3. The minimum Gasteiger partial charge on any atom is -0.305 e. The lowest BCUT2D eigenvalue weighted by Crippen LogP contribution is -1.95. The zero-order valence-corrected chi connectivity index (χ0v) is 15.1. The van der Waals surface area contributed by atoms with E-state index < -0.39 is 0 Å². The van der Waals surface area contributed by atoms with Crippen molar-refractivity contribution in [3.63, 3.8) is 0 Å². The van der Waals surface area contributed by atoms with Gasteiger partial charge in [-0.25, -0.2) is 0 Å². The van der Waals surface area contributed by atoms with E-state index >= 15 is 0 Å². The number of hydrogen-bond acceptors (Lipinski definition) is 3. The molecule has 0 amide bonds. The monoisotopic (exact) mass is 363 g/mol. The number of rotatable bonds is 4. The number of aromatic nitrogens is 3. The van der Waals surface area contributed by atoms with Gasteiger partial charge in [0, 0.05) is 18.4 Å². The molecule has 0 aliphatic carbocycles. The van der Waals surface area contributed by atoms with Gasteiger partial charge in [-0.05, 0) is 36.2 Å². The van der Waals surface area contributed by atoms with Crippen molar-refractivity contribution >= 4 is 35.0 Å². The molecule has 23 heavy (non-hydrogen) atoms. The predicted octanol–water partition coefficient (Wildman–Crippen LogP) is 5.39. The third-order valence-corrected chi connectivity index (χ3v) is 5.44. The Balaban J connectivity index is 1.82. The molecule has 2 aromatic carbocycles. The molecule has 3 aromatic rings. The van der Waals surface area contributed by atoms with Gasteiger partial charge < -0.3 is 4.57 Å². The maximum atomic E-state index is 6.09. The Kier molecular flexibility index (Phi) is 4.95. The van der Waals surface area contributed by atoms with Crippen LogP contribution in [0, 0.1) is 6.92 Å². The van der Waals surface area contributed by atoms with Gasteiger partial charge in [0.2, 0.25) is 0 Å². The topological polar surface area (TPSA) is 30.7 Å². The number of aryl methyl sites for hydroxylation is 1. The molecule has 1 heterocycles. The van der Waals surface area contributed by atoms with Crippen LogP contribution < -0.4 is 0 Å². The molecule has 3 nitrogen and oxygen atoms in total. The Morgan fingerprint density at radius 3 is 2.57 bits per heavy atom. The van der Waals surface area contributed by atoms with Gasteiger partial charge in [0.15, 0.2) is 11.0 Å². The Hall–Kier alpha value is -1.49. The molecule has 0 N–H and O–H groups in total. The van der Waals surface area contributed by atoms with Gasteiger partial charge in [-0.1, -0.05) is 59.2 Å². The van der Waals surface area contributed by atoms with E-state index in [0.717, 1.165) is 22.3 Å². The highest BCUT2D eigenvalue weighted by Crippen LogP contribution is 2.30. The van der Waals surface area contributed by atoms with E-state index in [2.05, 4.69) is 35.3 Å². The van der Waals surface area contributed by atoms with Crippen molar-refractivity contribution in [3.05, 3.63) is 63.6 Å². The number of hydrogen-bond donors (Lipinski definition) is 0. The molecule has 118 valence electrons. The molecule has 6 heteroatoms. The lowest BCUT2D eigenvalue weighted by atomic mass is 10.1. The zero-order valence-electron chi connectivity index (χ0n) is 12.8. The summed E-state index contributed by atoms with van der Waals surface area (Å²) in [6.07, 6.45) is 0. The van der Waals surface area contributed by atoms with Crippen molar-refractivity contribution in [3.8, 4) is 11.4 Å². The van der Waals surface area contributed by atoms with Crippen LogP contribution in [0.25, 0.3) is 11.4 Å². The summed E-state index contributed by atoms with van der Waals surface area (Å²) in [6, 6.07) is 13.8. The predicted molar refractivity (Wildman–Crippen MR) is 97.2 cm³/mol. The van der Waals surface area contributed by atoms with Gasteiger partial charge in [0.25, 0.3) is 0 Å². The van der Waals surface area contributed by atoms with Crippen molar-refractivity contribution in [1.29, 1.82) is 0 Å². The summed E-state index contributed by atoms with van der Waals surface area (Å²) in [6.45, 7) is 2.12. The molecule has 0 unspecified atom stereocenters. The number of halogens is 2. The van der Waals surface area contributed by atoms with Crippen molar-refractivity contribution < 1.29 is 0 Å². The molecule has 0 radical (unpaired) electrons. The van der Waals surface area contributed by atoms with E-state index in [9.17, 15) is 0 Å². The van der Waals surface area contributed by atoms with Crippen LogP contribution in [0.4, 0.5) is 0 Å². The second kappa shape index (κ2) is 6.95. The average Bonchev–Trinajstić information content (AvgIpc) is 2.90. The van der Waals surface area contributed by atoms with Crippen LogP contribution in [0.1, 0.15) is 11.1 Å². The van der Waals surface area contributed by atoms with E-state index in [1.165, 1.54) is 11.1 Å². The molecule has 0 aliphatic heterocycles. The lowest BCUT2D eigenvalue weighted by Gasteiger charge is -2.06. The van der Waals surface area contributed by atoms with Crippen molar-refractivity contribution in [1.82, 2.24) is 14.8 Å². The fraction of sp³-hybridized carbons (Fsp3) is 0.176. The van der Waals surface area contributed by atoms with Crippen LogP contribution in [0.3, 0.4) is 0 Å². The molecule has 0 bridgehead atoms. The summed E-state index contributed by atoms with van der Waals surface area (Å²) in [7, 11) is 1.96. The maximum Gasteiger partial charge on any atom is 0.191 e. The Morgan fingerprint density at radius 1 is 1.04 bits per heavy atom. The normalized spacial score (nSPS) is 11.0. The number of nitrogens with zero attached hydrogens (tertiary/aromatic N) is 3. The minimum absolute atomic E-state index is 0.515. The minimum atomic E-state index is 0.515.